The van der Waals surface area contributed by atoms with Gasteiger partial charge in [0.1, 0.15) is 35.8 Å². The average Bonchev–Trinajstić information content (AvgIpc) is 3.52. The van der Waals surface area contributed by atoms with Crippen LogP contribution in [0.5, 0.6) is 0 Å². The van der Waals surface area contributed by atoms with Crippen molar-refractivity contribution in [3.05, 3.63) is 54.5 Å². The highest BCUT2D eigenvalue weighted by molar-refractivity contribution is 5.86. The van der Waals surface area contributed by atoms with Crippen molar-refractivity contribution in [1.82, 2.24) is 19.5 Å². The van der Waals surface area contributed by atoms with Crippen LogP contribution in [0.2, 0.25) is 0 Å². The topological polar surface area (TPSA) is 131 Å². The third kappa shape index (κ3) is 3.96. The Hall–Kier alpha value is -3.27. The summed E-state index contributed by atoms with van der Waals surface area (Å²) in [7, 11) is 0. The summed E-state index contributed by atoms with van der Waals surface area (Å²) in [6.45, 7) is 1.29. The number of nitrogens with zero attached hydrogens (tertiary/aromatic N) is 4. The Labute approximate surface area is 196 Å². The van der Waals surface area contributed by atoms with E-state index in [1.807, 2.05) is 41.1 Å². The van der Waals surface area contributed by atoms with Gasteiger partial charge in [-0.25, -0.2) is 15.0 Å². The van der Waals surface area contributed by atoms with E-state index in [-0.39, 0.29) is 6.04 Å². The van der Waals surface area contributed by atoms with Crippen LogP contribution in [0.4, 0.5) is 11.6 Å². The number of hydrogen-bond acceptors (Lipinski definition) is 8. The summed E-state index contributed by atoms with van der Waals surface area (Å²) in [5, 5.41) is 26.6. The fourth-order valence-corrected chi connectivity index (χ4v) is 4.79. The second kappa shape index (κ2) is 8.50. The van der Waals surface area contributed by atoms with Gasteiger partial charge in [0.15, 0.2) is 0 Å². The highest BCUT2D eigenvalue weighted by Crippen LogP contribution is 2.36. The normalized spacial score (nSPS) is 24.8. The molecule has 2 aliphatic rings. The molecule has 6 rings (SSSR count). The molecule has 9 nitrogen and oxygen atoms in total. The highest BCUT2D eigenvalue weighted by Gasteiger charge is 2.43. The monoisotopic (exact) mass is 460 g/mol. The van der Waals surface area contributed by atoms with E-state index in [2.05, 4.69) is 21.4 Å². The maximum atomic E-state index is 10.7. The molecule has 2 saturated carbocycles. The number of hydrogen-bond donors (Lipinski definition) is 4. The molecule has 0 spiro atoms. The summed E-state index contributed by atoms with van der Waals surface area (Å²) in [6.07, 6.45) is 3.79. The van der Waals surface area contributed by atoms with Gasteiger partial charge in [-0.15, -0.1) is 0 Å². The minimum atomic E-state index is -1.00. The van der Waals surface area contributed by atoms with Crippen molar-refractivity contribution in [2.24, 2.45) is 5.92 Å². The van der Waals surface area contributed by atoms with Crippen LogP contribution in [0, 0.1) is 5.92 Å². The van der Waals surface area contributed by atoms with Crippen LogP contribution in [0.15, 0.2) is 48.9 Å². The Morgan fingerprint density at radius 1 is 1.09 bits per heavy atom. The summed E-state index contributed by atoms with van der Waals surface area (Å²) >= 11 is 0. The van der Waals surface area contributed by atoms with Crippen molar-refractivity contribution < 1.29 is 14.9 Å². The molecule has 0 saturated heterocycles. The highest BCUT2D eigenvalue weighted by atomic mass is 16.5. The molecule has 0 bridgehead atoms. The smallest absolute Gasteiger partial charge is 0.145 e. The standard InChI is InChI=1S/C25H28N6O3/c26-24-17-7-8-31(25(17)29-13-28-24)19-10-20(23(33)22(19)32)34-12-15-3-4-16-5-6-21(30-18(16)9-15)27-11-14-1-2-14/h3-9,13-14,19-20,22-23,32-33H,1-2,10-12H2,(H,27,30)(H2,26,28,29)/t19-,20+,22+,23-/m1/s1. The zero-order valence-corrected chi connectivity index (χ0v) is 18.7. The minimum absolute atomic E-state index is 0.320. The zero-order valence-electron chi connectivity index (χ0n) is 18.7. The Bertz CT molecular complexity index is 1340. The van der Waals surface area contributed by atoms with Gasteiger partial charge in [-0.2, -0.15) is 0 Å². The molecular formula is C25H28N6O3. The Balaban J connectivity index is 1.15. The average molecular weight is 461 g/mol. The number of ether oxygens (including phenoxy) is 1. The number of aliphatic hydroxyl groups excluding tert-OH is 2. The molecule has 34 heavy (non-hydrogen) atoms. The van der Waals surface area contributed by atoms with Crippen molar-refractivity contribution in [3.8, 4) is 0 Å². The van der Waals surface area contributed by atoms with Crippen LogP contribution in [-0.2, 0) is 11.3 Å². The molecule has 0 amide bonds. The van der Waals surface area contributed by atoms with Crippen molar-refractivity contribution >= 4 is 33.6 Å². The van der Waals surface area contributed by atoms with Crippen molar-refractivity contribution in [2.75, 3.05) is 17.6 Å². The number of anilines is 2. The number of nitrogens with two attached hydrogens (primary N) is 1. The van der Waals surface area contributed by atoms with Gasteiger partial charge in [-0.1, -0.05) is 12.1 Å². The summed E-state index contributed by atoms with van der Waals surface area (Å²) in [6, 6.07) is 11.6. The van der Waals surface area contributed by atoms with Gasteiger partial charge >= 0.3 is 0 Å². The third-order valence-electron chi connectivity index (χ3n) is 6.99. The first-order valence-electron chi connectivity index (χ1n) is 11.7. The predicted molar refractivity (Wildman–Crippen MR) is 129 cm³/mol. The molecule has 0 radical (unpaired) electrons. The van der Waals surface area contributed by atoms with E-state index in [0.29, 0.717) is 24.5 Å². The Kier molecular flexibility index (Phi) is 5.32. The van der Waals surface area contributed by atoms with Gasteiger partial charge in [-0.3, -0.25) is 0 Å². The van der Waals surface area contributed by atoms with E-state index in [0.717, 1.165) is 40.1 Å². The van der Waals surface area contributed by atoms with Crippen LogP contribution in [0.25, 0.3) is 21.9 Å². The minimum Gasteiger partial charge on any atom is -0.388 e. The van der Waals surface area contributed by atoms with E-state index in [4.69, 9.17) is 15.5 Å². The first-order chi connectivity index (χ1) is 16.6. The summed E-state index contributed by atoms with van der Waals surface area (Å²) in [5.74, 6) is 2.06. The van der Waals surface area contributed by atoms with Crippen molar-refractivity contribution in [2.45, 2.75) is 50.2 Å². The number of fused-ring (bicyclic) bond motifs is 2. The van der Waals surface area contributed by atoms with Crippen LogP contribution in [0.3, 0.4) is 0 Å². The fourth-order valence-electron chi connectivity index (χ4n) is 4.79. The molecule has 4 atom stereocenters. The molecule has 3 aromatic heterocycles. The first-order valence-corrected chi connectivity index (χ1v) is 11.7. The van der Waals surface area contributed by atoms with Gasteiger partial charge in [0.25, 0.3) is 0 Å². The molecule has 176 valence electrons. The fraction of sp³-hybridized carbons (Fsp3) is 0.400. The lowest BCUT2D eigenvalue weighted by molar-refractivity contribution is -0.0621. The molecule has 4 aromatic rings. The summed E-state index contributed by atoms with van der Waals surface area (Å²) in [5.41, 5.74) is 8.45. The van der Waals surface area contributed by atoms with E-state index >= 15 is 0 Å². The first kappa shape index (κ1) is 21.3. The Morgan fingerprint density at radius 3 is 2.79 bits per heavy atom. The van der Waals surface area contributed by atoms with Gasteiger partial charge in [0, 0.05) is 18.1 Å². The lowest BCUT2D eigenvalue weighted by Crippen LogP contribution is -2.32. The zero-order chi connectivity index (χ0) is 23.2. The van der Waals surface area contributed by atoms with E-state index in [1.54, 1.807) is 0 Å². The SMILES string of the molecule is Nc1ncnc2c1ccn2[C@@H]1C[C@H](OCc2ccc3ccc(NCC4CC4)nc3c2)[C@@H](O)[C@H]1O. The van der Waals surface area contributed by atoms with Crippen LogP contribution in [-0.4, -0.2) is 54.6 Å². The number of aromatic nitrogens is 4. The van der Waals surface area contributed by atoms with Crippen LogP contribution in [0.1, 0.15) is 30.9 Å². The molecule has 5 N–H and O–H groups in total. The van der Waals surface area contributed by atoms with Gasteiger partial charge in [-0.05, 0) is 55.0 Å². The van der Waals surface area contributed by atoms with E-state index in [9.17, 15) is 10.2 Å². The second-order valence-corrected chi connectivity index (χ2v) is 9.40. The third-order valence-corrected chi connectivity index (χ3v) is 6.99. The summed E-state index contributed by atoms with van der Waals surface area (Å²) in [4.78, 5) is 13.1. The predicted octanol–water partition coefficient (Wildman–Crippen LogP) is 2.64. The molecule has 2 aliphatic carbocycles. The molecule has 0 aliphatic heterocycles. The number of pyridine rings is 1. The van der Waals surface area contributed by atoms with E-state index < -0.39 is 18.3 Å². The number of benzene rings is 1. The number of rotatable bonds is 7. The molecule has 0 unspecified atom stereocenters. The largest absolute Gasteiger partial charge is 0.388 e. The summed E-state index contributed by atoms with van der Waals surface area (Å²) < 4.78 is 7.93. The number of nitrogens with one attached hydrogen (secondary N) is 1. The van der Waals surface area contributed by atoms with Crippen LogP contribution >= 0.6 is 0 Å². The lowest BCUT2D eigenvalue weighted by Gasteiger charge is -2.18. The van der Waals surface area contributed by atoms with Gasteiger partial charge in [0.2, 0.25) is 0 Å². The van der Waals surface area contributed by atoms with Crippen LogP contribution < -0.4 is 11.1 Å². The van der Waals surface area contributed by atoms with Crippen molar-refractivity contribution in [1.29, 1.82) is 0 Å². The van der Waals surface area contributed by atoms with Gasteiger partial charge in [0.05, 0.1) is 29.7 Å². The molecular weight excluding hydrogens is 432 g/mol. The second-order valence-electron chi connectivity index (χ2n) is 9.40. The molecule has 9 heteroatoms. The van der Waals surface area contributed by atoms with E-state index in [1.165, 1.54) is 19.2 Å². The molecule has 1 aromatic carbocycles. The maximum Gasteiger partial charge on any atom is 0.145 e. The molecule has 2 fully saturated rings. The lowest BCUT2D eigenvalue weighted by atomic mass is 10.1. The number of nitrogen functional groups attached to an aromatic ring is 1. The quantitative estimate of drug-likeness (QED) is 0.331. The Morgan fingerprint density at radius 2 is 1.94 bits per heavy atom. The van der Waals surface area contributed by atoms with Gasteiger partial charge < -0.3 is 30.6 Å². The van der Waals surface area contributed by atoms with Crippen molar-refractivity contribution in [3.63, 3.8) is 0 Å². The maximum absolute atomic E-state index is 10.7. The number of aliphatic hydroxyl groups is 2. The molecule has 3 heterocycles.